The van der Waals surface area contributed by atoms with Crippen molar-refractivity contribution < 1.29 is 14.7 Å². The molecule has 1 aliphatic rings. The zero-order valence-corrected chi connectivity index (χ0v) is 14.1. The van der Waals surface area contributed by atoms with Crippen molar-refractivity contribution in [3.8, 4) is 0 Å². The maximum Gasteiger partial charge on any atom is 0.255 e. The molecule has 0 spiro atoms. The van der Waals surface area contributed by atoms with Crippen LogP contribution in [-0.4, -0.2) is 59.0 Å². The molecule has 0 bridgehead atoms. The molecule has 1 aromatic carbocycles. The van der Waals surface area contributed by atoms with Crippen LogP contribution in [0.25, 0.3) is 0 Å². The number of amides is 2. The number of rotatable bonds is 4. The monoisotopic (exact) mass is 344 g/mol. The first-order chi connectivity index (χ1) is 11.6. The zero-order chi connectivity index (χ0) is 16.9. The largest absolute Gasteiger partial charge is 0.389 e. The number of carbonyl (C=O) groups is 2. The number of β-amino-alcohol motifs (C(OH)–C–C–N with tert-alkyl or cyclic N) is 1. The Hall–Kier alpha value is -2.18. The van der Waals surface area contributed by atoms with Gasteiger partial charge in [0.1, 0.15) is 6.54 Å². The normalized spacial score (nSPS) is 18.5. The van der Waals surface area contributed by atoms with Crippen molar-refractivity contribution in [3.05, 3.63) is 58.3 Å². The summed E-state index contributed by atoms with van der Waals surface area (Å²) >= 11 is 1.44. The van der Waals surface area contributed by atoms with Gasteiger partial charge in [-0.15, -0.1) is 0 Å². The Kier molecular flexibility index (Phi) is 5.27. The number of thiophene rings is 1. The van der Waals surface area contributed by atoms with Crippen LogP contribution in [0.2, 0.25) is 0 Å². The lowest BCUT2D eigenvalue weighted by Gasteiger charge is -2.21. The van der Waals surface area contributed by atoms with Crippen molar-refractivity contribution in [1.82, 2.24) is 9.80 Å². The molecular weight excluding hydrogens is 324 g/mol. The molecule has 3 rings (SSSR count). The van der Waals surface area contributed by atoms with E-state index in [4.69, 9.17) is 0 Å². The maximum atomic E-state index is 12.5. The summed E-state index contributed by atoms with van der Waals surface area (Å²) in [5.41, 5.74) is 1.72. The molecule has 1 aromatic heterocycles. The fourth-order valence-electron chi connectivity index (χ4n) is 2.84. The summed E-state index contributed by atoms with van der Waals surface area (Å²) in [5.74, 6) is -0.320. The van der Waals surface area contributed by atoms with Crippen LogP contribution in [0, 0.1) is 0 Å². The molecule has 1 atom stereocenters. The lowest BCUT2D eigenvalue weighted by atomic mass is 10.1. The van der Waals surface area contributed by atoms with Gasteiger partial charge >= 0.3 is 0 Å². The van der Waals surface area contributed by atoms with Crippen LogP contribution < -0.4 is 0 Å². The molecule has 1 unspecified atom stereocenters. The van der Waals surface area contributed by atoms with Crippen molar-refractivity contribution in [2.75, 3.05) is 26.2 Å². The average molecular weight is 344 g/mol. The molecule has 24 heavy (non-hydrogen) atoms. The minimum atomic E-state index is -0.727. The molecule has 2 heterocycles. The third kappa shape index (κ3) is 4.01. The first-order valence-corrected chi connectivity index (χ1v) is 8.89. The molecule has 6 heteroatoms. The second-order valence-corrected chi connectivity index (χ2v) is 6.71. The molecule has 2 amide bonds. The third-order valence-electron chi connectivity index (χ3n) is 4.11. The molecule has 126 valence electrons. The van der Waals surface area contributed by atoms with Crippen LogP contribution in [0.4, 0.5) is 0 Å². The van der Waals surface area contributed by atoms with E-state index in [2.05, 4.69) is 0 Å². The number of benzene rings is 1. The van der Waals surface area contributed by atoms with E-state index in [1.807, 2.05) is 35.7 Å². The Morgan fingerprint density at radius 2 is 2.00 bits per heavy atom. The van der Waals surface area contributed by atoms with E-state index >= 15 is 0 Å². The van der Waals surface area contributed by atoms with Gasteiger partial charge in [0.05, 0.1) is 11.7 Å². The Morgan fingerprint density at radius 1 is 1.21 bits per heavy atom. The van der Waals surface area contributed by atoms with Gasteiger partial charge in [-0.1, -0.05) is 30.3 Å². The van der Waals surface area contributed by atoms with Gasteiger partial charge in [0.2, 0.25) is 5.91 Å². The fraction of sp³-hybridized carbons (Fsp3) is 0.333. The molecule has 0 aliphatic carbocycles. The number of aliphatic hydroxyl groups excluding tert-OH is 1. The van der Waals surface area contributed by atoms with Gasteiger partial charge in [-0.05, 0) is 23.4 Å². The van der Waals surface area contributed by atoms with E-state index in [1.165, 1.54) is 16.2 Å². The molecule has 1 N–H and O–H groups in total. The predicted octanol–water partition coefficient (Wildman–Crippen LogP) is 1.64. The van der Waals surface area contributed by atoms with Crippen LogP contribution in [0.1, 0.15) is 15.9 Å². The van der Waals surface area contributed by atoms with E-state index in [9.17, 15) is 14.7 Å². The van der Waals surface area contributed by atoms with Gasteiger partial charge in [-0.25, -0.2) is 0 Å². The SMILES string of the molecule is O=C1CN(C(=O)c2ccsc2)CC(O)CN1CCc1ccccc1. The second kappa shape index (κ2) is 7.59. The van der Waals surface area contributed by atoms with Gasteiger partial charge in [0, 0.05) is 25.0 Å². The van der Waals surface area contributed by atoms with Crippen LogP contribution in [-0.2, 0) is 11.2 Å². The second-order valence-electron chi connectivity index (χ2n) is 5.93. The van der Waals surface area contributed by atoms with Gasteiger partial charge in [-0.3, -0.25) is 9.59 Å². The number of nitrogens with zero attached hydrogens (tertiary/aromatic N) is 2. The highest BCUT2D eigenvalue weighted by molar-refractivity contribution is 7.08. The number of hydrogen-bond acceptors (Lipinski definition) is 4. The summed E-state index contributed by atoms with van der Waals surface area (Å²) in [6.45, 7) is 1.00. The number of aliphatic hydroxyl groups is 1. The Labute approximate surface area is 145 Å². The summed E-state index contributed by atoms with van der Waals surface area (Å²) in [7, 11) is 0. The molecule has 2 aromatic rings. The van der Waals surface area contributed by atoms with Gasteiger partial charge < -0.3 is 14.9 Å². The lowest BCUT2D eigenvalue weighted by Crippen LogP contribution is -2.40. The van der Waals surface area contributed by atoms with Crippen LogP contribution in [0.5, 0.6) is 0 Å². The highest BCUT2D eigenvalue weighted by atomic mass is 32.1. The highest BCUT2D eigenvalue weighted by Gasteiger charge is 2.29. The lowest BCUT2D eigenvalue weighted by molar-refractivity contribution is -0.131. The maximum absolute atomic E-state index is 12.5. The summed E-state index contributed by atoms with van der Waals surface area (Å²) < 4.78 is 0. The number of hydrogen-bond donors (Lipinski definition) is 1. The van der Waals surface area contributed by atoms with Crippen LogP contribution in [0.15, 0.2) is 47.2 Å². The minimum absolute atomic E-state index is 0.0144. The summed E-state index contributed by atoms with van der Waals surface area (Å²) in [5, 5.41) is 13.8. The summed E-state index contributed by atoms with van der Waals surface area (Å²) in [6, 6.07) is 11.7. The van der Waals surface area contributed by atoms with Crippen molar-refractivity contribution >= 4 is 23.2 Å². The van der Waals surface area contributed by atoms with Crippen molar-refractivity contribution in [2.24, 2.45) is 0 Å². The third-order valence-corrected chi connectivity index (χ3v) is 4.79. The van der Waals surface area contributed by atoms with E-state index in [0.717, 1.165) is 12.0 Å². The Bertz CT molecular complexity index is 688. The molecule has 0 saturated carbocycles. The summed E-state index contributed by atoms with van der Waals surface area (Å²) in [4.78, 5) is 28.0. The van der Waals surface area contributed by atoms with E-state index in [0.29, 0.717) is 12.1 Å². The molecular formula is C18H20N2O3S. The first kappa shape index (κ1) is 16.7. The summed E-state index contributed by atoms with van der Waals surface area (Å²) in [6.07, 6.45) is 0.00688. The van der Waals surface area contributed by atoms with Crippen molar-refractivity contribution in [2.45, 2.75) is 12.5 Å². The predicted molar refractivity (Wildman–Crippen MR) is 93.0 cm³/mol. The number of carbonyl (C=O) groups excluding carboxylic acids is 2. The first-order valence-electron chi connectivity index (χ1n) is 7.94. The molecule has 1 saturated heterocycles. The molecule has 5 nitrogen and oxygen atoms in total. The van der Waals surface area contributed by atoms with E-state index in [1.54, 1.807) is 16.3 Å². The van der Waals surface area contributed by atoms with E-state index in [-0.39, 0.29) is 31.4 Å². The van der Waals surface area contributed by atoms with Crippen molar-refractivity contribution in [1.29, 1.82) is 0 Å². The molecule has 1 fully saturated rings. The van der Waals surface area contributed by atoms with Gasteiger partial charge in [-0.2, -0.15) is 11.3 Å². The standard InChI is InChI=1S/C18H20N2O3S/c21-16-10-19(8-6-14-4-2-1-3-5-14)17(22)12-20(11-16)18(23)15-7-9-24-13-15/h1-5,7,9,13,16,21H,6,8,10-12H2. The molecule has 0 radical (unpaired) electrons. The quantitative estimate of drug-likeness (QED) is 0.917. The zero-order valence-electron chi connectivity index (χ0n) is 13.3. The van der Waals surface area contributed by atoms with Crippen LogP contribution >= 0.6 is 11.3 Å². The van der Waals surface area contributed by atoms with Crippen LogP contribution in [0.3, 0.4) is 0 Å². The average Bonchev–Trinajstić information content (AvgIpc) is 3.08. The molecule has 1 aliphatic heterocycles. The van der Waals surface area contributed by atoms with Gasteiger partial charge in [0.15, 0.2) is 0 Å². The minimum Gasteiger partial charge on any atom is -0.389 e. The Balaban J connectivity index is 1.64. The van der Waals surface area contributed by atoms with Gasteiger partial charge in [0.25, 0.3) is 5.91 Å². The van der Waals surface area contributed by atoms with E-state index < -0.39 is 6.10 Å². The smallest absolute Gasteiger partial charge is 0.255 e. The fourth-order valence-corrected chi connectivity index (χ4v) is 3.47. The van der Waals surface area contributed by atoms with Crippen molar-refractivity contribution in [3.63, 3.8) is 0 Å². The highest BCUT2D eigenvalue weighted by Crippen LogP contribution is 2.13. The Morgan fingerprint density at radius 3 is 2.71 bits per heavy atom. The topological polar surface area (TPSA) is 60.9 Å².